The number of likely N-dealkylation sites (tertiary alicyclic amines) is 1. The van der Waals surface area contributed by atoms with Crippen LogP contribution in [0.15, 0.2) is 18.2 Å². The molecule has 0 aliphatic carbocycles. The number of piperidine rings is 1. The van der Waals surface area contributed by atoms with Gasteiger partial charge in [0.25, 0.3) is 0 Å². The number of nitrogens with two attached hydrogens (primary N) is 1. The second-order valence-corrected chi connectivity index (χ2v) is 9.05. The molecule has 1 aromatic carbocycles. The zero-order chi connectivity index (χ0) is 27.0. The molecular formula is C26H45FN4O5. The molecule has 0 spiro atoms. The zero-order valence-corrected chi connectivity index (χ0v) is 22.4. The van der Waals surface area contributed by atoms with Crippen molar-refractivity contribution in [3.05, 3.63) is 29.6 Å². The Morgan fingerprint density at radius 3 is 2.31 bits per heavy atom. The van der Waals surface area contributed by atoms with Crippen molar-refractivity contribution in [1.82, 2.24) is 9.80 Å². The molecule has 2 saturated heterocycles. The van der Waals surface area contributed by atoms with E-state index in [-0.39, 0.29) is 18.1 Å². The van der Waals surface area contributed by atoms with Crippen LogP contribution < -0.4 is 10.6 Å². The van der Waals surface area contributed by atoms with Crippen molar-refractivity contribution in [2.45, 2.75) is 32.8 Å². The molecule has 3 rings (SSSR count). The number of aliphatic hydroxyl groups excluding tert-OH is 1. The fourth-order valence-electron chi connectivity index (χ4n) is 4.26. The van der Waals surface area contributed by atoms with Crippen molar-refractivity contribution in [2.24, 2.45) is 11.1 Å². The molecule has 0 bridgehead atoms. The number of rotatable bonds is 10. The van der Waals surface area contributed by atoms with Crippen LogP contribution in [0.4, 0.5) is 10.1 Å². The van der Waals surface area contributed by atoms with Crippen LogP contribution in [0.5, 0.6) is 0 Å². The third-order valence-corrected chi connectivity index (χ3v) is 6.79. The van der Waals surface area contributed by atoms with Crippen LogP contribution in [0.2, 0.25) is 0 Å². The van der Waals surface area contributed by atoms with E-state index in [9.17, 15) is 14.0 Å². The Morgan fingerprint density at radius 1 is 1.17 bits per heavy atom. The molecule has 0 radical (unpaired) electrons. The maximum absolute atomic E-state index is 13.9. The van der Waals surface area contributed by atoms with Crippen LogP contribution in [-0.2, 0) is 25.7 Å². The van der Waals surface area contributed by atoms with E-state index in [2.05, 4.69) is 21.7 Å². The highest BCUT2D eigenvalue weighted by Gasteiger charge is 2.39. The van der Waals surface area contributed by atoms with E-state index in [1.807, 2.05) is 19.1 Å². The van der Waals surface area contributed by atoms with Gasteiger partial charge >= 0.3 is 0 Å². The van der Waals surface area contributed by atoms with E-state index in [0.29, 0.717) is 38.2 Å². The maximum atomic E-state index is 13.9. The zero-order valence-electron chi connectivity index (χ0n) is 22.4. The lowest BCUT2D eigenvalue weighted by atomic mass is 9.75. The molecule has 9 nitrogen and oxygen atoms in total. The second-order valence-electron chi connectivity index (χ2n) is 9.05. The minimum absolute atomic E-state index is 0.167. The SMILES string of the molecule is CCOCc1ccc(N2CCN(C)CC2)cc1F.CO.COCCN1CCC(CC=O)(C(N)=O)CC1. The number of carbonyl (C=O) groups excluding carboxylic acids is 2. The van der Waals surface area contributed by atoms with Crippen molar-refractivity contribution in [1.29, 1.82) is 0 Å². The van der Waals surface area contributed by atoms with E-state index >= 15 is 0 Å². The highest BCUT2D eigenvalue weighted by Crippen LogP contribution is 2.33. The average molecular weight is 513 g/mol. The number of aliphatic hydroxyl groups is 1. The molecule has 0 saturated carbocycles. The van der Waals surface area contributed by atoms with Gasteiger partial charge in [0.2, 0.25) is 5.91 Å². The number of hydrogen-bond acceptors (Lipinski definition) is 8. The smallest absolute Gasteiger partial charge is 0.224 e. The Bertz CT molecular complexity index is 767. The normalized spacial score (nSPS) is 17.9. The molecule has 3 N–H and O–H groups in total. The van der Waals surface area contributed by atoms with Crippen molar-refractivity contribution in [3.8, 4) is 0 Å². The first-order chi connectivity index (χ1) is 17.3. The number of nitrogens with zero attached hydrogens (tertiary/aromatic N) is 3. The van der Waals surface area contributed by atoms with Gasteiger partial charge in [0, 0.05) is 71.2 Å². The van der Waals surface area contributed by atoms with Gasteiger partial charge in [0.1, 0.15) is 12.1 Å². The van der Waals surface area contributed by atoms with Gasteiger partial charge in [-0.1, -0.05) is 6.07 Å². The standard InChI is InChI=1S/C14H21FN2O.C11H20N2O3.CH4O/c1-3-18-11-12-4-5-13(10-14(12)15)17-8-6-16(2)7-9-17;1-16-9-7-13-5-2-11(3-6-13,4-8-14)10(12)15;1-2/h4-5,10H,3,6-9,11H2,1-2H3;8H,2-7,9H2,1H3,(H2,12,15);2H,1H3. The van der Waals surface area contributed by atoms with Crippen molar-refractivity contribution >= 4 is 17.9 Å². The fourth-order valence-corrected chi connectivity index (χ4v) is 4.26. The molecule has 2 fully saturated rings. The molecule has 1 amide bonds. The molecule has 2 heterocycles. The van der Waals surface area contributed by atoms with E-state index in [0.717, 1.165) is 64.9 Å². The number of hydrogen-bond donors (Lipinski definition) is 2. The monoisotopic (exact) mass is 512 g/mol. The summed E-state index contributed by atoms with van der Waals surface area (Å²) in [5.74, 6) is -0.508. The summed E-state index contributed by atoms with van der Waals surface area (Å²) in [4.78, 5) is 28.8. The number of methoxy groups -OCH3 is 1. The molecule has 206 valence electrons. The third kappa shape index (κ3) is 10.1. The van der Waals surface area contributed by atoms with E-state index in [1.165, 1.54) is 0 Å². The van der Waals surface area contributed by atoms with Gasteiger partial charge in [-0.15, -0.1) is 0 Å². The molecule has 2 aliphatic rings. The summed E-state index contributed by atoms with van der Waals surface area (Å²) < 4.78 is 24.1. The largest absolute Gasteiger partial charge is 0.400 e. The molecule has 10 heteroatoms. The van der Waals surface area contributed by atoms with Crippen molar-refractivity contribution in [3.63, 3.8) is 0 Å². The Kier molecular flexibility index (Phi) is 15.4. The first kappa shape index (κ1) is 31.9. The average Bonchev–Trinajstić information content (AvgIpc) is 2.89. The second kappa shape index (κ2) is 17.4. The molecule has 2 aliphatic heterocycles. The van der Waals surface area contributed by atoms with E-state index in [1.54, 1.807) is 13.2 Å². The highest BCUT2D eigenvalue weighted by atomic mass is 19.1. The van der Waals surface area contributed by atoms with Gasteiger partial charge in [0.15, 0.2) is 0 Å². The van der Waals surface area contributed by atoms with Gasteiger partial charge in [-0.3, -0.25) is 4.79 Å². The summed E-state index contributed by atoms with van der Waals surface area (Å²) in [6.07, 6.45) is 2.39. The lowest BCUT2D eigenvalue weighted by Gasteiger charge is -2.38. The fraction of sp³-hybridized carbons (Fsp3) is 0.692. The van der Waals surface area contributed by atoms with Crippen LogP contribution in [0.25, 0.3) is 0 Å². The quantitative estimate of drug-likeness (QED) is 0.454. The number of benzene rings is 1. The van der Waals surface area contributed by atoms with Crippen LogP contribution in [0.3, 0.4) is 0 Å². The van der Waals surface area contributed by atoms with E-state index < -0.39 is 5.41 Å². The number of halogens is 1. The number of anilines is 1. The van der Waals surface area contributed by atoms with Gasteiger partial charge in [-0.05, 0) is 52.0 Å². The number of primary amides is 1. The molecule has 1 aromatic rings. The number of likely N-dealkylation sites (N-methyl/N-ethyl adjacent to an activating group) is 1. The van der Waals surface area contributed by atoms with Gasteiger partial charge in [-0.25, -0.2) is 4.39 Å². The summed E-state index contributed by atoms with van der Waals surface area (Å²) in [6, 6.07) is 5.45. The number of amides is 1. The summed E-state index contributed by atoms with van der Waals surface area (Å²) in [6.45, 7) is 10.0. The van der Waals surface area contributed by atoms with Gasteiger partial charge < -0.3 is 39.8 Å². The summed E-state index contributed by atoms with van der Waals surface area (Å²) in [7, 11) is 4.78. The number of piperazine rings is 1. The predicted octanol–water partition coefficient (Wildman–Crippen LogP) is 1.51. The number of aldehydes is 1. The Labute approximate surface area is 215 Å². The van der Waals surface area contributed by atoms with Gasteiger partial charge in [0.05, 0.1) is 18.6 Å². The number of ether oxygens (including phenoxy) is 2. The molecule has 0 aromatic heterocycles. The van der Waals surface area contributed by atoms with Crippen molar-refractivity contribution < 1.29 is 28.6 Å². The van der Waals surface area contributed by atoms with Crippen LogP contribution in [-0.4, -0.2) is 107 Å². The minimum atomic E-state index is -0.606. The Balaban J connectivity index is 0.000000339. The Hall–Kier alpha value is -2.11. The molecular weight excluding hydrogens is 467 g/mol. The lowest BCUT2D eigenvalue weighted by molar-refractivity contribution is -0.133. The van der Waals surface area contributed by atoms with E-state index in [4.69, 9.17) is 20.3 Å². The molecule has 36 heavy (non-hydrogen) atoms. The third-order valence-electron chi connectivity index (χ3n) is 6.79. The maximum Gasteiger partial charge on any atom is 0.224 e. The number of carbonyl (C=O) groups is 2. The predicted molar refractivity (Wildman–Crippen MR) is 139 cm³/mol. The lowest BCUT2D eigenvalue weighted by Crippen LogP contribution is -2.48. The molecule has 0 unspecified atom stereocenters. The minimum Gasteiger partial charge on any atom is -0.400 e. The molecule has 0 atom stereocenters. The van der Waals surface area contributed by atoms with Gasteiger partial charge in [-0.2, -0.15) is 0 Å². The van der Waals surface area contributed by atoms with Crippen LogP contribution in [0.1, 0.15) is 31.7 Å². The first-order valence-electron chi connectivity index (χ1n) is 12.5. The first-order valence-corrected chi connectivity index (χ1v) is 12.5. The Morgan fingerprint density at radius 2 is 1.81 bits per heavy atom. The summed E-state index contributed by atoms with van der Waals surface area (Å²) in [5.41, 5.74) is 6.39. The van der Waals surface area contributed by atoms with Crippen LogP contribution >= 0.6 is 0 Å². The summed E-state index contributed by atoms with van der Waals surface area (Å²) >= 11 is 0. The van der Waals surface area contributed by atoms with Crippen molar-refractivity contribution in [2.75, 3.05) is 85.2 Å². The van der Waals surface area contributed by atoms with Crippen LogP contribution in [0, 0.1) is 11.2 Å². The summed E-state index contributed by atoms with van der Waals surface area (Å²) in [5, 5.41) is 7.00. The topological polar surface area (TPSA) is 109 Å². The highest BCUT2D eigenvalue weighted by molar-refractivity contribution is 5.83.